The number of hydrogen-bond donors (Lipinski definition) is 1. The van der Waals surface area contributed by atoms with Crippen LogP contribution >= 0.6 is 0 Å². The van der Waals surface area contributed by atoms with E-state index in [1.807, 2.05) is 24.3 Å². The van der Waals surface area contributed by atoms with E-state index in [4.69, 9.17) is 4.74 Å². The fourth-order valence-electron chi connectivity index (χ4n) is 1.95. The molecule has 1 N–H and O–H groups in total. The lowest BCUT2D eigenvalue weighted by Crippen LogP contribution is -2.14. The Morgan fingerprint density at radius 3 is 2.42 bits per heavy atom. The Balaban J connectivity index is 2.13. The van der Waals surface area contributed by atoms with Crippen molar-refractivity contribution in [1.82, 2.24) is 0 Å². The van der Waals surface area contributed by atoms with Crippen molar-refractivity contribution in [3.05, 3.63) is 65.7 Å². The molecule has 2 aromatic rings. The molecule has 1 unspecified atom stereocenters. The van der Waals surface area contributed by atoms with E-state index in [1.165, 1.54) is 0 Å². The van der Waals surface area contributed by atoms with Gasteiger partial charge in [0.15, 0.2) is 5.78 Å². The van der Waals surface area contributed by atoms with Crippen molar-refractivity contribution >= 4 is 5.78 Å². The van der Waals surface area contributed by atoms with Crippen LogP contribution in [0, 0.1) is 0 Å². The first kappa shape index (κ1) is 13.3. The number of aliphatic hydroxyl groups excluding tert-OH is 1. The molecular weight excluding hydrogens is 240 g/mol. The third kappa shape index (κ3) is 3.20. The topological polar surface area (TPSA) is 46.5 Å². The molecule has 0 heterocycles. The Hall–Kier alpha value is -2.13. The van der Waals surface area contributed by atoms with Crippen molar-refractivity contribution in [3.63, 3.8) is 0 Å². The van der Waals surface area contributed by atoms with Crippen molar-refractivity contribution in [3.8, 4) is 5.75 Å². The van der Waals surface area contributed by atoms with Crippen LogP contribution in [0.4, 0.5) is 0 Å². The van der Waals surface area contributed by atoms with Crippen molar-refractivity contribution in [2.45, 2.75) is 12.5 Å². The molecule has 0 saturated heterocycles. The lowest BCUT2D eigenvalue weighted by atomic mass is 9.99. The summed E-state index contributed by atoms with van der Waals surface area (Å²) in [5.41, 5.74) is 1.40. The predicted octanol–water partition coefficient (Wildman–Crippen LogP) is 2.54. The number of rotatable bonds is 5. The highest BCUT2D eigenvalue weighted by Gasteiger charge is 2.18. The molecule has 2 rings (SSSR count). The lowest BCUT2D eigenvalue weighted by Gasteiger charge is -2.11. The normalized spacial score (nSPS) is 11.9. The zero-order valence-corrected chi connectivity index (χ0v) is 10.7. The quantitative estimate of drug-likeness (QED) is 0.894. The molecule has 0 aliphatic rings. The summed E-state index contributed by atoms with van der Waals surface area (Å²) in [6.45, 7) is 0. The molecule has 0 aliphatic heterocycles. The molecule has 0 radical (unpaired) electrons. The van der Waals surface area contributed by atoms with E-state index in [2.05, 4.69) is 0 Å². The number of carbonyl (C=O) groups excluding carboxylic acids is 1. The van der Waals surface area contributed by atoms with Crippen LogP contribution < -0.4 is 4.74 Å². The first-order valence-corrected chi connectivity index (χ1v) is 6.10. The van der Waals surface area contributed by atoms with Crippen LogP contribution in [0.25, 0.3) is 0 Å². The number of methoxy groups -OCH3 is 1. The fraction of sp³-hybridized carbons (Fsp3) is 0.188. The molecule has 3 heteroatoms. The Bertz CT molecular complexity index is 549. The summed E-state index contributed by atoms with van der Waals surface area (Å²) in [6, 6.07) is 16.3. The van der Waals surface area contributed by atoms with Gasteiger partial charge in [-0.1, -0.05) is 48.5 Å². The summed E-state index contributed by atoms with van der Waals surface area (Å²) in [4.78, 5) is 12.1. The smallest absolute Gasteiger partial charge is 0.170 e. The number of aliphatic hydroxyl groups is 1. The van der Waals surface area contributed by atoms with Gasteiger partial charge in [0.05, 0.1) is 7.11 Å². The number of ketones is 1. The van der Waals surface area contributed by atoms with Crippen LogP contribution in [-0.2, 0) is 11.2 Å². The van der Waals surface area contributed by atoms with Crippen molar-refractivity contribution in [2.24, 2.45) is 0 Å². The summed E-state index contributed by atoms with van der Waals surface area (Å²) in [7, 11) is 1.57. The number of Topliss-reactive ketones (excluding diaryl/α,β-unsaturated/α-hetero) is 1. The van der Waals surface area contributed by atoms with Crippen LogP contribution in [0.5, 0.6) is 5.75 Å². The lowest BCUT2D eigenvalue weighted by molar-refractivity contribution is -0.126. The zero-order valence-electron chi connectivity index (χ0n) is 10.7. The highest BCUT2D eigenvalue weighted by molar-refractivity contribution is 5.86. The van der Waals surface area contributed by atoms with Gasteiger partial charge in [-0.15, -0.1) is 0 Å². The monoisotopic (exact) mass is 256 g/mol. The Kier molecular flexibility index (Phi) is 4.31. The molecule has 3 nitrogen and oxygen atoms in total. The molecule has 1 atom stereocenters. The molecule has 98 valence electrons. The Morgan fingerprint density at radius 2 is 1.74 bits per heavy atom. The van der Waals surface area contributed by atoms with Crippen LogP contribution in [0.3, 0.4) is 0 Å². The number of para-hydroxylation sites is 1. The average molecular weight is 256 g/mol. The van der Waals surface area contributed by atoms with Crippen molar-refractivity contribution in [1.29, 1.82) is 0 Å². The van der Waals surface area contributed by atoms with Crippen LogP contribution in [0.1, 0.15) is 17.2 Å². The van der Waals surface area contributed by atoms with E-state index in [-0.39, 0.29) is 12.2 Å². The van der Waals surface area contributed by atoms with E-state index in [0.717, 1.165) is 5.56 Å². The molecule has 0 amide bonds. The second-order valence-corrected chi connectivity index (χ2v) is 4.27. The third-order valence-electron chi connectivity index (χ3n) is 2.98. The third-order valence-corrected chi connectivity index (χ3v) is 2.98. The summed E-state index contributed by atoms with van der Waals surface area (Å²) in [6.07, 6.45) is -0.939. The molecular formula is C16H16O3. The van der Waals surface area contributed by atoms with Gasteiger partial charge in [-0.05, 0) is 11.6 Å². The van der Waals surface area contributed by atoms with Gasteiger partial charge in [0, 0.05) is 12.0 Å². The summed E-state index contributed by atoms with van der Waals surface area (Å²) in [5.74, 6) is 0.423. The van der Waals surface area contributed by atoms with Gasteiger partial charge in [0.2, 0.25) is 0 Å². The van der Waals surface area contributed by atoms with Gasteiger partial charge in [-0.2, -0.15) is 0 Å². The maximum atomic E-state index is 12.1. The van der Waals surface area contributed by atoms with Gasteiger partial charge in [0.25, 0.3) is 0 Å². The standard InChI is InChI=1S/C16H16O3/c1-19-15-10-6-5-9-13(15)11-14(17)16(18)12-7-3-2-4-8-12/h2-10,16,18H,11H2,1H3. The van der Waals surface area contributed by atoms with Gasteiger partial charge >= 0.3 is 0 Å². The minimum absolute atomic E-state index is 0.153. The number of carbonyl (C=O) groups is 1. The maximum Gasteiger partial charge on any atom is 0.170 e. The van der Waals surface area contributed by atoms with Crippen molar-refractivity contribution < 1.29 is 14.6 Å². The van der Waals surface area contributed by atoms with Crippen LogP contribution in [0.2, 0.25) is 0 Å². The molecule has 0 saturated carbocycles. The van der Waals surface area contributed by atoms with Crippen LogP contribution in [-0.4, -0.2) is 18.0 Å². The Labute approximate surface area is 112 Å². The van der Waals surface area contributed by atoms with Gasteiger partial charge < -0.3 is 9.84 Å². The second-order valence-electron chi connectivity index (χ2n) is 4.27. The first-order valence-electron chi connectivity index (χ1n) is 6.10. The molecule has 19 heavy (non-hydrogen) atoms. The number of ether oxygens (including phenoxy) is 1. The van der Waals surface area contributed by atoms with E-state index in [9.17, 15) is 9.90 Å². The SMILES string of the molecule is COc1ccccc1CC(=O)C(O)c1ccccc1. The highest BCUT2D eigenvalue weighted by atomic mass is 16.5. The second kappa shape index (κ2) is 6.16. The Morgan fingerprint density at radius 1 is 1.11 bits per heavy atom. The maximum absolute atomic E-state index is 12.1. The molecule has 0 aromatic heterocycles. The molecule has 0 bridgehead atoms. The molecule has 2 aromatic carbocycles. The minimum atomic E-state index is -1.09. The summed E-state index contributed by atoms with van der Waals surface area (Å²) >= 11 is 0. The minimum Gasteiger partial charge on any atom is -0.496 e. The van der Waals surface area contributed by atoms with E-state index >= 15 is 0 Å². The van der Waals surface area contributed by atoms with Gasteiger partial charge in [-0.25, -0.2) is 0 Å². The van der Waals surface area contributed by atoms with Crippen molar-refractivity contribution in [2.75, 3.05) is 7.11 Å². The highest BCUT2D eigenvalue weighted by Crippen LogP contribution is 2.21. The van der Waals surface area contributed by atoms with E-state index in [1.54, 1.807) is 37.4 Å². The van der Waals surface area contributed by atoms with E-state index < -0.39 is 6.10 Å². The number of benzene rings is 2. The summed E-state index contributed by atoms with van der Waals surface area (Å²) in [5, 5.41) is 10.0. The molecule has 0 aliphatic carbocycles. The fourth-order valence-corrected chi connectivity index (χ4v) is 1.95. The van der Waals surface area contributed by atoms with Gasteiger partial charge in [-0.3, -0.25) is 4.79 Å². The van der Waals surface area contributed by atoms with Crippen LogP contribution in [0.15, 0.2) is 54.6 Å². The summed E-state index contributed by atoms with van der Waals surface area (Å²) < 4.78 is 5.20. The average Bonchev–Trinajstić information content (AvgIpc) is 2.48. The molecule has 0 fully saturated rings. The predicted molar refractivity (Wildman–Crippen MR) is 73.1 cm³/mol. The largest absolute Gasteiger partial charge is 0.496 e. The number of hydrogen-bond acceptors (Lipinski definition) is 3. The molecule has 0 spiro atoms. The van der Waals surface area contributed by atoms with Gasteiger partial charge in [0.1, 0.15) is 11.9 Å². The van der Waals surface area contributed by atoms with E-state index in [0.29, 0.717) is 11.3 Å². The first-order chi connectivity index (χ1) is 9.22. The zero-order chi connectivity index (χ0) is 13.7.